The lowest BCUT2D eigenvalue weighted by molar-refractivity contribution is -0.127. The van der Waals surface area contributed by atoms with Crippen molar-refractivity contribution in [3.8, 4) is 131 Å². The van der Waals surface area contributed by atoms with Gasteiger partial charge in [0.25, 0.3) is 0 Å². The minimum Gasteiger partial charge on any atom is -0.351 e. The fourth-order valence-corrected chi connectivity index (χ4v) is 7.82. The highest BCUT2D eigenvalue weighted by atomic mass is 16.7. The van der Waals surface area contributed by atoms with Crippen molar-refractivity contribution in [1.82, 2.24) is 10.2 Å². The molecule has 0 aromatic carbocycles. The Hall–Kier alpha value is -6.83. The van der Waals surface area contributed by atoms with Crippen molar-refractivity contribution >= 4 is 11.7 Å². The van der Waals surface area contributed by atoms with E-state index in [1.807, 2.05) is 0 Å². The molecule has 0 aromatic rings. The summed E-state index contributed by atoms with van der Waals surface area (Å²) in [7, 11) is 0. The van der Waals surface area contributed by atoms with Crippen LogP contribution in [-0.2, 0) is 9.59 Å². The Labute approximate surface area is 350 Å². The van der Waals surface area contributed by atoms with Gasteiger partial charge in [-0.15, -0.1) is 12.0 Å². The molecule has 2 N–H and O–H groups in total. The first kappa shape index (κ1) is 45.3. The molecule has 0 radical (unpaired) electrons. The fraction of sp³-hybridized carbons (Fsp3) is 0.489. The van der Waals surface area contributed by atoms with Crippen LogP contribution >= 0.6 is 0 Å². The summed E-state index contributed by atoms with van der Waals surface area (Å²) in [4.78, 5) is 44.0. The smallest absolute Gasteiger partial charge is 0.234 e. The Bertz CT molecular complexity index is 2170. The molecule has 0 aromatic heterocycles. The highest BCUT2D eigenvalue weighted by Crippen LogP contribution is 2.49. The van der Waals surface area contributed by atoms with E-state index in [2.05, 4.69) is 135 Å². The number of nitrogens with one attached hydrogen (secondary N) is 2. The Morgan fingerprint density at radius 3 is 1.62 bits per heavy atom. The van der Waals surface area contributed by atoms with E-state index < -0.39 is 0 Å². The Kier molecular flexibility index (Phi) is 22.4. The topological polar surface area (TPSA) is 144 Å². The highest BCUT2D eigenvalue weighted by Gasteiger charge is 2.50. The monoisotopic (exact) mass is 766 g/mol. The number of hydrogen-bond donors (Lipinski definition) is 2. The highest BCUT2D eigenvalue weighted by molar-refractivity contribution is 5.87. The van der Waals surface area contributed by atoms with Gasteiger partial charge in [-0.1, -0.05) is 38.0 Å². The number of rotatable bonds is 5. The summed E-state index contributed by atoms with van der Waals surface area (Å²) in [5, 5.41) is 3.40. The molecule has 9 nitrogen and oxygen atoms in total. The molecule has 1 spiro atoms. The molecule has 9 heteroatoms. The van der Waals surface area contributed by atoms with Crippen LogP contribution in [0.15, 0.2) is 0 Å². The molecule has 4 aliphatic carbocycles. The van der Waals surface area contributed by atoms with Crippen LogP contribution in [0.5, 0.6) is 0 Å². The second-order valence-electron chi connectivity index (χ2n) is 13.7. The van der Waals surface area contributed by atoms with Crippen LogP contribution in [0.3, 0.4) is 0 Å². The van der Waals surface area contributed by atoms with Gasteiger partial charge in [0.1, 0.15) is 5.78 Å². The molecule has 1 heterocycles. The van der Waals surface area contributed by atoms with Gasteiger partial charge in [-0.3, -0.25) is 14.5 Å². The molecular weight excluding hydrogens is 699 g/mol. The van der Waals surface area contributed by atoms with Crippen LogP contribution in [0.2, 0.25) is 0 Å². The summed E-state index contributed by atoms with van der Waals surface area (Å²) in [6.45, 7) is 4.39. The predicted molar refractivity (Wildman–Crippen MR) is 244 cm³/mol. The number of fused-ring (bicyclic) bond motifs is 1. The lowest BCUT2D eigenvalue weighted by Gasteiger charge is -2.39. The number of amides is 1. The zero-order chi connectivity index (χ0) is 40.7. The fourth-order valence-electron chi connectivity index (χ4n) is 7.82. The first-order valence-corrected chi connectivity index (χ1v) is 18.6. The number of terminal acetylenes is 1. The summed E-state index contributed by atoms with van der Waals surface area (Å²) in [6, 6.07) is 0.122. The maximum atomic E-state index is 12.9. The van der Waals surface area contributed by atoms with Crippen molar-refractivity contribution in [3.05, 3.63) is 20.4 Å². The number of likely N-dealkylation sites (tertiary alicyclic amines) is 1. The van der Waals surface area contributed by atoms with E-state index in [0.717, 1.165) is 32.4 Å². The largest absolute Gasteiger partial charge is 0.351 e. The molecular formula is C47H67N5O4. The van der Waals surface area contributed by atoms with E-state index in [1.165, 1.54) is 64.2 Å². The number of carbonyl (C=O) groups is 2. The molecule has 1 saturated heterocycles. The average Bonchev–Trinajstić information content (AvgIpc) is 3.87. The number of carbonyl (C=O) groups excluding carboxylic acids is 2. The molecule has 1 amide bonds. The average molecular weight is 766 g/mol. The SMILES string of the molecule is C#CC#CC#CC#CC#CC#CC#CC#CC#CC#CC#CC.O=C(CN1CCC2(CCCC2)CC1)NC1C(C(=O)C2CC2)CC2CCCCC21.O=O.[HH].[HH].[HH].[HH].[HH].[HH].[HH].[HH].[HH].[HH].[HH].[HH].[N-]=[N+]=N. The maximum absolute atomic E-state index is 12.9. The lowest BCUT2D eigenvalue weighted by atomic mass is 9.77. The number of hydrogen-bond acceptors (Lipinski definition) is 6. The van der Waals surface area contributed by atoms with Crippen LogP contribution in [0.25, 0.3) is 10.4 Å². The zero-order valence-corrected chi connectivity index (χ0v) is 31.8. The summed E-state index contributed by atoms with van der Waals surface area (Å²) in [5.41, 5.74) is 12.9. The molecule has 4 atom stereocenters. The zero-order valence-electron chi connectivity index (χ0n) is 31.8. The third-order valence-corrected chi connectivity index (χ3v) is 10.4. The van der Waals surface area contributed by atoms with Gasteiger partial charge >= 0.3 is 0 Å². The first-order chi connectivity index (χ1) is 27.5. The Morgan fingerprint density at radius 1 is 0.732 bits per heavy atom. The molecule has 5 rings (SSSR count). The van der Waals surface area contributed by atoms with Crippen LogP contribution in [0.1, 0.15) is 108 Å². The summed E-state index contributed by atoms with van der Waals surface area (Å²) in [5.74, 6) is 54.2. The molecule has 0 bridgehead atoms. The number of Topliss-reactive ketones (excluding diaryl/α,β-unsaturated/α-hetero) is 1. The lowest BCUT2D eigenvalue weighted by Crippen LogP contribution is -2.50. The second kappa shape index (κ2) is 27.7. The van der Waals surface area contributed by atoms with Gasteiger partial charge < -0.3 is 5.32 Å². The van der Waals surface area contributed by atoms with Crippen molar-refractivity contribution in [3.63, 3.8) is 0 Å². The molecule has 5 fully saturated rings. The molecule has 5 aliphatic rings. The van der Waals surface area contributed by atoms with Gasteiger partial charge in [-0.05, 0) is 194 Å². The molecule has 1 aliphatic heterocycles. The first-order valence-electron chi connectivity index (χ1n) is 18.6. The van der Waals surface area contributed by atoms with Gasteiger partial charge in [-0.25, -0.2) is 0 Å². The minimum atomic E-state index is 0. The Morgan fingerprint density at radius 2 is 1.18 bits per heavy atom. The predicted octanol–water partition coefficient (Wildman–Crippen LogP) is 8.50. The van der Waals surface area contributed by atoms with E-state index in [9.17, 15) is 9.59 Å². The van der Waals surface area contributed by atoms with Crippen molar-refractivity contribution in [2.24, 2.45) is 29.1 Å². The van der Waals surface area contributed by atoms with Gasteiger partial charge in [0.05, 0.1) is 6.54 Å². The van der Waals surface area contributed by atoms with E-state index in [4.69, 9.17) is 27.4 Å². The number of piperidine rings is 1. The van der Waals surface area contributed by atoms with Crippen molar-refractivity contribution < 1.29 is 26.7 Å². The Balaban J connectivity index is -0.0000000845. The third-order valence-electron chi connectivity index (χ3n) is 10.4. The molecule has 4 unspecified atom stereocenters. The molecule has 56 heavy (non-hydrogen) atoms. The minimum absolute atomic E-state index is 0. The van der Waals surface area contributed by atoms with E-state index >= 15 is 0 Å². The second-order valence-corrected chi connectivity index (χ2v) is 13.7. The number of nitrogens with zero attached hydrogens (tertiary/aromatic N) is 3. The van der Waals surface area contributed by atoms with E-state index in [0.29, 0.717) is 35.5 Å². The maximum Gasteiger partial charge on any atom is 0.234 e. The van der Waals surface area contributed by atoms with Crippen LogP contribution in [-0.4, -0.2) is 42.3 Å². The molecule has 304 valence electrons. The van der Waals surface area contributed by atoms with Gasteiger partial charge in [0, 0.05) is 68.6 Å². The van der Waals surface area contributed by atoms with Crippen molar-refractivity contribution in [1.29, 1.82) is 5.53 Å². The van der Waals surface area contributed by atoms with Gasteiger partial charge in [0.15, 0.2) is 0 Å². The summed E-state index contributed by atoms with van der Waals surface area (Å²) < 4.78 is 0. The summed E-state index contributed by atoms with van der Waals surface area (Å²) >= 11 is 0. The van der Waals surface area contributed by atoms with Gasteiger partial charge in [-0.2, -0.15) is 0 Å². The van der Waals surface area contributed by atoms with Crippen LogP contribution in [0, 0.1) is 175 Å². The van der Waals surface area contributed by atoms with E-state index in [1.54, 1.807) is 11.8 Å². The van der Waals surface area contributed by atoms with Crippen LogP contribution in [0.4, 0.5) is 0 Å². The van der Waals surface area contributed by atoms with Crippen molar-refractivity contribution in [2.75, 3.05) is 19.6 Å². The summed E-state index contributed by atoms with van der Waals surface area (Å²) in [6.07, 6.45) is 21.3. The third kappa shape index (κ3) is 17.3. The van der Waals surface area contributed by atoms with Gasteiger partial charge in [0.2, 0.25) is 5.91 Å². The van der Waals surface area contributed by atoms with Crippen LogP contribution < -0.4 is 5.32 Å². The number of ketones is 1. The van der Waals surface area contributed by atoms with E-state index in [-0.39, 0.29) is 35.0 Å². The van der Waals surface area contributed by atoms with Crippen molar-refractivity contribution in [2.45, 2.75) is 96.4 Å². The quantitative estimate of drug-likeness (QED) is 0.125. The normalized spacial score (nSPS) is 20.6. The molecule has 4 saturated carbocycles. The standard InChI is InChI=1S/C24H38N2O2.C23H4.HN3.O2.12H2/c27-21(16-26-13-11-24(12-14-26)9-3-4-10-24)25-22-19-6-2-1-5-18(19)15-20(22)23(28)17-7-8-17;1-3-5-7-9-11-13-15-17-19-21-23-22-20-18-16-14-12-10-8-6-4-2;1-3-2;1-2;;;;;;;;;;;;/h17-20,22H,1-16H2,(H,25,27);1H,2H3;1H;;12*1H.